The molecule has 3 aromatic heterocycles. The number of morpholine rings is 3. The fourth-order valence-corrected chi connectivity index (χ4v) is 21.6. The predicted octanol–water partition coefficient (Wildman–Crippen LogP) is 11.0. The lowest BCUT2D eigenvalue weighted by molar-refractivity contribution is -0.135. The van der Waals surface area contributed by atoms with Crippen molar-refractivity contribution in [1.82, 2.24) is 29.7 Å². The van der Waals surface area contributed by atoms with Gasteiger partial charge in [-0.2, -0.15) is 10.5 Å². The van der Waals surface area contributed by atoms with Crippen molar-refractivity contribution in [3.8, 4) is 47.0 Å². The average molecular weight is 1680 g/mol. The lowest BCUT2D eigenvalue weighted by Gasteiger charge is -2.42. The number of aliphatic hydroxyl groups excluding tert-OH is 3. The first-order chi connectivity index (χ1) is 57.5. The predicted molar refractivity (Wildman–Crippen MR) is 436 cm³/mol. The Morgan fingerprint density at radius 3 is 1.02 bits per heavy atom. The average Bonchev–Trinajstić information content (AvgIpc) is 1.51. The molecular formula is C91H90BrClN10O15. The van der Waals surface area contributed by atoms with Gasteiger partial charge in [-0.15, -0.1) is 0 Å². The monoisotopic (exact) mass is 1680 g/mol. The first-order valence-corrected chi connectivity index (χ1v) is 40.7. The molecule has 6 aromatic carbocycles. The number of nitriles is 2. The smallest absolute Gasteiger partial charge is 0.319 e. The molecule has 25 nitrogen and oxygen atoms in total. The van der Waals surface area contributed by atoms with E-state index in [0.717, 1.165) is 39.8 Å². The molecule has 3 saturated heterocycles. The first kappa shape index (κ1) is 81.6. The maximum atomic E-state index is 13.4. The second-order valence-corrected chi connectivity index (χ2v) is 32.5. The van der Waals surface area contributed by atoms with E-state index in [9.17, 15) is 41.2 Å². The Labute approximate surface area is 697 Å². The van der Waals surface area contributed by atoms with E-state index in [0.29, 0.717) is 142 Å². The molecule has 27 heteroatoms. The molecule has 3 aliphatic carbocycles. The number of nitrogens with zero attached hydrogens (tertiary/aromatic N) is 10. The minimum atomic E-state index is -1.71. The van der Waals surface area contributed by atoms with Crippen molar-refractivity contribution in [3.05, 3.63) is 276 Å². The fourth-order valence-electron chi connectivity index (χ4n) is 21.2. The zero-order valence-electron chi connectivity index (χ0n) is 65.3. The summed E-state index contributed by atoms with van der Waals surface area (Å²) in [5.74, 6) is -2.20. The van der Waals surface area contributed by atoms with Crippen LogP contribution >= 0.6 is 27.5 Å². The Morgan fingerprint density at radius 2 is 0.737 bits per heavy atom. The number of pyridine rings is 3. The molecule has 9 aliphatic rings. The van der Waals surface area contributed by atoms with E-state index in [4.69, 9.17) is 67.4 Å². The lowest BCUT2D eigenvalue weighted by atomic mass is 9.70. The zero-order chi connectivity index (χ0) is 82.3. The van der Waals surface area contributed by atoms with Crippen LogP contribution in [0, 0.1) is 71.3 Å². The van der Waals surface area contributed by atoms with Gasteiger partial charge in [-0.3, -0.25) is 14.7 Å². The van der Waals surface area contributed by atoms with E-state index in [2.05, 4.69) is 67.4 Å². The van der Waals surface area contributed by atoms with Gasteiger partial charge in [0.1, 0.15) is 50.3 Å². The molecule has 0 bridgehead atoms. The number of aromatic nitrogens is 3. The van der Waals surface area contributed by atoms with Gasteiger partial charge in [0.25, 0.3) is 11.6 Å². The number of ether oxygens (including phenoxy) is 9. The number of hydrogen-bond donors (Lipinski definition) is 6. The molecule has 6 fully saturated rings. The van der Waals surface area contributed by atoms with Crippen molar-refractivity contribution in [2.75, 3.05) is 140 Å². The van der Waals surface area contributed by atoms with Gasteiger partial charge in [0.15, 0.2) is 16.8 Å². The quantitative estimate of drug-likeness (QED) is 0.0343. The van der Waals surface area contributed by atoms with E-state index in [1.807, 2.05) is 140 Å². The van der Waals surface area contributed by atoms with Gasteiger partial charge in [-0.05, 0) is 69.8 Å². The summed E-state index contributed by atoms with van der Waals surface area (Å²) in [6, 6.07) is 60.6. The van der Waals surface area contributed by atoms with E-state index < -0.39 is 75.0 Å². The van der Waals surface area contributed by atoms with Gasteiger partial charge in [0.05, 0.1) is 89.8 Å². The number of benzene rings is 6. The third kappa shape index (κ3) is 13.1. The molecule has 608 valence electrons. The molecule has 0 unspecified atom stereocenters. The summed E-state index contributed by atoms with van der Waals surface area (Å²) < 4.78 is 55.6. The summed E-state index contributed by atoms with van der Waals surface area (Å²) in [4.78, 5) is 27.1. The number of hydrogen-bond acceptors (Lipinski definition) is 23. The Kier molecular flexibility index (Phi) is 23.2. The highest BCUT2D eigenvalue weighted by Crippen LogP contribution is 2.76. The van der Waals surface area contributed by atoms with E-state index in [1.165, 1.54) is 21.3 Å². The van der Waals surface area contributed by atoms with Crippen LogP contribution in [-0.4, -0.2) is 200 Å². The van der Waals surface area contributed by atoms with Crippen LogP contribution < -0.4 is 28.4 Å². The molecule has 118 heavy (non-hydrogen) atoms. The number of halogens is 2. The summed E-state index contributed by atoms with van der Waals surface area (Å²) in [7, 11) is 4.45. The Balaban J connectivity index is 0.000000132. The van der Waals surface area contributed by atoms with Gasteiger partial charge >= 0.3 is 11.8 Å². The largest absolute Gasteiger partial charge is 0.481 e. The lowest BCUT2D eigenvalue weighted by Crippen LogP contribution is -2.53. The van der Waals surface area contributed by atoms with Crippen LogP contribution in [0.5, 0.6) is 34.9 Å². The van der Waals surface area contributed by atoms with Gasteiger partial charge in [-0.25, -0.2) is 4.98 Å². The van der Waals surface area contributed by atoms with E-state index in [-0.39, 0.29) is 66.1 Å². The molecule has 0 amide bonds. The molecule has 9 aromatic rings. The van der Waals surface area contributed by atoms with Crippen molar-refractivity contribution in [2.24, 2.45) is 35.5 Å². The van der Waals surface area contributed by atoms with Gasteiger partial charge < -0.3 is 83.0 Å². The van der Waals surface area contributed by atoms with Crippen molar-refractivity contribution < 1.29 is 73.3 Å². The molecule has 6 N–H and O–H groups in total. The molecule has 6 aliphatic heterocycles. The number of methoxy groups -OCH3 is 3. The molecule has 0 radical (unpaired) electrons. The number of aliphatic hydroxyl groups is 6. The topological polar surface area (TPSA) is 309 Å². The molecule has 18 rings (SSSR count). The molecule has 9 heterocycles. The van der Waals surface area contributed by atoms with Crippen molar-refractivity contribution in [2.45, 2.75) is 51.4 Å². The standard InChI is InChI=1S/2C31H30N4O5.C29H30BrClN2O5/c2*1-33-26-16-25-28(29(34-26)38-2)30(37)24(18-35-12-14-39-15-13-35)23(19-36)27(21-6-4-3-5-7-21)31(30,40-25)22-10-8-20(17-32)9-11-22;1-36-27-26-23(15-24(31)32-27)38-29(19-7-9-20(30)10-8-19)25(18-5-3-2-4-6-18)21(17-34)22(28(26,29)35)16-33-11-13-37-14-12-33/h2*3-11,16,23-24,27,36-37H,12-15,18-19H2,2H3;2-10,15,21-22,25,34-35H,11-14,16-17H2,1H3/t2*23-,24-,27+,30+,31-;21-,22-,25+,28+,29-/m000/s1. The fraction of sp³-hybridized carbons (Fsp3) is 0.396. The molecule has 3 saturated carbocycles. The summed E-state index contributed by atoms with van der Waals surface area (Å²) in [5, 5.41) is 92.3. The van der Waals surface area contributed by atoms with Crippen LogP contribution in [0.25, 0.3) is 9.69 Å². The SMILES string of the molecule is COc1nc(Cl)cc2c1[C@]1(O)[C@@H](CN3CCOCC3)[C@H](CO)[C@@H](c3ccccc3)[C@]1(c1ccc(Br)cc1)O2.[C-]#[N+]c1cc2c(c(OC)n1)[C@]1(O)[C@@H](CN3CCOCC3)[C@H](CO)[C@@H](c3ccccc3)[C@]1(c1ccc(C#N)cc1)O2.[C-]#[N+]c1cc2c(c(OC)n1)[C@]1(O)[C@@H](CN3CCOCC3)[C@H](CO)[C@@H](c3ccccc3)[C@]1(c1ccc(C#N)cc1)O2. The Hall–Kier alpha value is -10.2. The van der Waals surface area contributed by atoms with Crippen molar-refractivity contribution in [1.29, 1.82) is 10.5 Å². The van der Waals surface area contributed by atoms with Crippen LogP contribution in [-0.2, 0) is 47.8 Å². The zero-order valence-corrected chi connectivity index (χ0v) is 67.7. The summed E-state index contributed by atoms with van der Waals surface area (Å²) in [6.07, 6.45) is 0. The normalized spacial score (nSPS) is 29.5. The van der Waals surface area contributed by atoms with Crippen LogP contribution in [0.1, 0.15) is 79.0 Å². The molecular weight excluding hydrogens is 1590 g/mol. The van der Waals surface area contributed by atoms with Gasteiger partial charge in [0, 0.05) is 155 Å². The molecule has 15 atom stereocenters. The number of rotatable bonds is 18. The van der Waals surface area contributed by atoms with E-state index in [1.54, 1.807) is 42.5 Å². The van der Waals surface area contributed by atoms with Crippen molar-refractivity contribution in [3.63, 3.8) is 0 Å². The number of fused-ring (bicyclic) bond motifs is 9. The third-order valence-electron chi connectivity index (χ3n) is 26.0. The third-order valence-corrected chi connectivity index (χ3v) is 26.7. The second-order valence-electron chi connectivity index (χ2n) is 31.2. The van der Waals surface area contributed by atoms with Crippen LogP contribution in [0.2, 0.25) is 5.15 Å². The van der Waals surface area contributed by atoms with Gasteiger partial charge in [0.2, 0.25) is 5.88 Å². The minimum Gasteiger partial charge on any atom is -0.481 e. The summed E-state index contributed by atoms with van der Waals surface area (Å²) in [6.45, 7) is 24.1. The Morgan fingerprint density at radius 1 is 0.449 bits per heavy atom. The van der Waals surface area contributed by atoms with Crippen LogP contribution in [0.3, 0.4) is 0 Å². The maximum Gasteiger partial charge on any atom is 0.319 e. The maximum absolute atomic E-state index is 13.4. The Bertz CT molecular complexity index is 5080. The van der Waals surface area contributed by atoms with Crippen LogP contribution in [0.4, 0.5) is 11.6 Å². The summed E-state index contributed by atoms with van der Waals surface area (Å²) >= 11 is 9.95. The van der Waals surface area contributed by atoms with Gasteiger partial charge in [-0.1, -0.05) is 178 Å². The molecule has 0 spiro atoms. The first-order valence-electron chi connectivity index (χ1n) is 39.5. The highest BCUT2D eigenvalue weighted by atomic mass is 79.9. The highest BCUT2D eigenvalue weighted by Gasteiger charge is 2.80. The van der Waals surface area contributed by atoms with E-state index >= 15 is 0 Å². The summed E-state index contributed by atoms with van der Waals surface area (Å²) in [5.41, 5.74) is -2.02. The highest BCUT2D eigenvalue weighted by molar-refractivity contribution is 9.10. The minimum absolute atomic E-state index is 0.0915. The van der Waals surface area contributed by atoms with Crippen LogP contribution in [0.15, 0.2) is 186 Å². The van der Waals surface area contributed by atoms with Crippen molar-refractivity contribution >= 4 is 39.2 Å². The second kappa shape index (κ2) is 33.5.